The van der Waals surface area contributed by atoms with E-state index in [9.17, 15) is 26.7 Å². The lowest BCUT2D eigenvalue weighted by atomic mass is 9.86. The molecule has 0 unspecified atom stereocenters. The van der Waals surface area contributed by atoms with Gasteiger partial charge in [-0.25, -0.2) is 8.78 Å². The Morgan fingerprint density at radius 1 is 1.12 bits per heavy atom. The van der Waals surface area contributed by atoms with Crippen molar-refractivity contribution in [3.8, 4) is 0 Å². The van der Waals surface area contributed by atoms with Crippen molar-refractivity contribution in [1.29, 1.82) is 0 Å². The van der Waals surface area contributed by atoms with Gasteiger partial charge >= 0.3 is 6.18 Å². The molecule has 33 heavy (non-hydrogen) atoms. The fraction of sp³-hybridized carbons (Fsp3) is 0.300. The number of carbonyl (C=O) groups is 1. The van der Waals surface area contributed by atoms with Crippen LogP contribution in [0.25, 0.3) is 0 Å². The lowest BCUT2D eigenvalue weighted by Gasteiger charge is -2.29. The van der Waals surface area contributed by atoms with Crippen molar-refractivity contribution in [2.45, 2.75) is 30.8 Å². The van der Waals surface area contributed by atoms with Gasteiger partial charge in [-0.15, -0.1) is 0 Å². The van der Waals surface area contributed by atoms with Crippen LogP contribution in [-0.4, -0.2) is 24.0 Å². The van der Waals surface area contributed by atoms with Crippen LogP contribution >= 0.6 is 34.8 Å². The van der Waals surface area contributed by atoms with Gasteiger partial charge in [0.15, 0.2) is 5.82 Å². The summed E-state index contributed by atoms with van der Waals surface area (Å²) in [6.07, 6.45) is -6.82. The average Bonchev–Trinajstić information content (AvgIpc) is 3.29. The summed E-state index contributed by atoms with van der Waals surface area (Å²) >= 11 is 17.5. The third-order valence-electron chi connectivity index (χ3n) is 5.31. The van der Waals surface area contributed by atoms with Crippen LogP contribution in [0.2, 0.25) is 15.1 Å². The molecule has 5 nitrogen and oxygen atoms in total. The number of benzene rings is 2. The molecule has 2 N–H and O–H groups in total. The van der Waals surface area contributed by atoms with E-state index in [1.165, 1.54) is 18.2 Å². The molecule has 1 fully saturated rings. The van der Waals surface area contributed by atoms with Gasteiger partial charge in [0.1, 0.15) is 6.17 Å². The largest absolute Gasteiger partial charge is 0.435 e. The van der Waals surface area contributed by atoms with Crippen LogP contribution in [0.4, 0.5) is 27.6 Å². The summed E-state index contributed by atoms with van der Waals surface area (Å²) in [6.45, 7) is 0. The number of halogens is 8. The molecule has 1 heterocycles. The minimum Gasteiger partial charge on any atom is -0.374 e. The molecule has 1 aliphatic heterocycles. The van der Waals surface area contributed by atoms with Crippen LogP contribution in [0.15, 0.2) is 35.5 Å². The van der Waals surface area contributed by atoms with Gasteiger partial charge in [0, 0.05) is 17.5 Å². The van der Waals surface area contributed by atoms with Gasteiger partial charge in [0.2, 0.25) is 5.91 Å². The highest BCUT2D eigenvalue weighted by molar-refractivity contribution is 6.35. The summed E-state index contributed by atoms with van der Waals surface area (Å²) in [5.74, 6) is -2.39. The number of nitrogens with one attached hydrogen (secondary N) is 2. The molecule has 2 aliphatic rings. The molecule has 4 rings (SSSR count). The summed E-state index contributed by atoms with van der Waals surface area (Å²) in [4.78, 5) is 16.7. The van der Waals surface area contributed by atoms with E-state index in [1.807, 2.05) is 0 Å². The molecule has 0 radical (unpaired) electrons. The molecule has 1 aliphatic carbocycles. The summed E-state index contributed by atoms with van der Waals surface area (Å²) in [5.41, 5.74) is 1.62. The third kappa shape index (κ3) is 4.43. The maximum Gasteiger partial charge on any atom is 0.435 e. The normalized spacial score (nSPS) is 24.2. The molecule has 0 saturated heterocycles. The molecule has 13 heteroatoms. The van der Waals surface area contributed by atoms with Crippen LogP contribution in [-0.2, 0) is 15.2 Å². The molecule has 176 valence electrons. The SMILES string of the molecule is O=C(NNc1cc(C2=NO[C@@](c3cc(Cl)c(F)c(Cl)c3)(C(F)(F)F)C2)ccc1Cl)[C@@H]1C[C@@H]1F. The Labute approximate surface area is 198 Å². The van der Waals surface area contributed by atoms with Gasteiger partial charge in [0.25, 0.3) is 5.60 Å². The van der Waals surface area contributed by atoms with Crippen molar-refractivity contribution < 1.29 is 31.6 Å². The first-order valence-corrected chi connectivity index (χ1v) is 10.5. The molecular weight excluding hydrogens is 516 g/mol. The monoisotopic (exact) mass is 527 g/mol. The molecular formula is C20H13Cl3F5N3O2. The predicted octanol–water partition coefficient (Wildman–Crippen LogP) is 6.17. The van der Waals surface area contributed by atoms with Crippen molar-refractivity contribution >= 4 is 52.1 Å². The first kappa shape index (κ1) is 23.8. The minimum absolute atomic E-state index is 0.0963. The second-order valence-corrected chi connectivity index (χ2v) is 8.77. The van der Waals surface area contributed by atoms with Crippen molar-refractivity contribution in [2.75, 3.05) is 5.43 Å². The fourth-order valence-corrected chi connectivity index (χ4v) is 3.96. The van der Waals surface area contributed by atoms with E-state index in [4.69, 9.17) is 39.6 Å². The van der Waals surface area contributed by atoms with E-state index in [-0.39, 0.29) is 28.4 Å². The maximum atomic E-state index is 14.1. The number of rotatable bonds is 5. The third-order valence-corrected chi connectivity index (χ3v) is 6.19. The van der Waals surface area contributed by atoms with Crippen molar-refractivity contribution in [3.05, 3.63) is 62.3 Å². The molecule has 0 spiro atoms. The number of nitrogens with zero attached hydrogens (tertiary/aromatic N) is 1. The van der Waals surface area contributed by atoms with Gasteiger partial charge < -0.3 is 4.84 Å². The minimum atomic E-state index is -4.96. The van der Waals surface area contributed by atoms with Crippen molar-refractivity contribution in [1.82, 2.24) is 5.43 Å². The number of carbonyl (C=O) groups excluding carboxylic acids is 1. The number of alkyl halides is 4. The highest BCUT2D eigenvalue weighted by Crippen LogP contribution is 2.50. The van der Waals surface area contributed by atoms with E-state index in [2.05, 4.69) is 16.0 Å². The lowest BCUT2D eigenvalue weighted by molar-refractivity contribution is -0.275. The van der Waals surface area contributed by atoms with Crippen LogP contribution in [0.3, 0.4) is 0 Å². The van der Waals surface area contributed by atoms with Crippen LogP contribution in [0, 0.1) is 11.7 Å². The Bertz CT molecular complexity index is 1140. The van der Waals surface area contributed by atoms with Crippen LogP contribution in [0.5, 0.6) is 0 Å². The maximum absolute atomic E-state index is 14.1. The van der Waals surface area contributed by atoms with Crippen molar-refractivity contribution in [2.24, 2.45) is 11.1 Å². The van der Waals surface area contributed by atoms with Gasteiger partial charge in [-0.2, -0.15) is 13.2 Å². The van der Waals surface area contributed by atoms with Crippen LogP contribution in [0.1, 0.15) is 24.0 Å². The molecule has 1 saturated carbocycles. The molecule has 2 aromatic rings. The first-order chi connectivity index (χ1) is 15.4. The quantitative estimate of drug-likeness (QED) is 0.277. The Morgan fingerprint density at radius 2 is 1.76 bits per heavy atom. The topological polar surface area (TPSA) is 62.7 Å². The first-order valence-electron chi connectivity index (χ1n) is 9.39. The zero-order valence-corrected chi connectivity index (χ0v) is 18.5. The second-order valence-electron chi connectivity index (χ2n) is 7.55. The Kier molecular flexibility index (Phi) is 6.13. The Hall–Kier alpha value is -2.30. The summed E-state index contributed by atoms with van der Waals surface area (Å²) in [6, 6.07) is 5.71. The standard InChI is InChI=1S/C20H13Cl3F5N3O2/c21-11-2-1-8(3-15(11)29-30-18(32)10-6-14(10)24)16-7-19(33-31-16,20(26,27)28)9-4-12(22)17(25)13(23)5-9/h1-5,10,14,29H,6-7H2,(H,30,32)/t10-,14+,19+/m1/s1. The van der Waals surface area contributed by atoms with E-state index in [1.54, 1.807) is 0 Å². The van der Waals surface area contributed by atoms with E-state index in [0.717, 1.165) is 12.1 Å². The average molecular weight is 529 g/mol. The number of hydrogen-bond acceptors (Lipinski definition) is 4. The Balaban J connectivity index is 1.60. The molecule has 0 aromatic heterocycles. The lowest BCUT2D eigenvalue weighted by Crippen LogP contribution is -2.42. The number of oxime groups is 1. The summed E-state index contributed by atoms with van der Waals surface area (Å²) in [5, 5.41) is 2.55. The summed E-state index contributed by atoms with van der Waals surface area (Å²) < 4.78 is 69.2. The highest BCUT2D eigenvalue weighted by atomic mass is 35.5. The molecule has 2 aromatic carbocycles. The van der Waals surface area contributed by atoms with Gasteiger partial charge in [-0.05, 0) is 30.7 Å². The zero-order valence-electron chi connectivity index (χ0n) is 16.2. The number of anilines is 1. The molecule has 3 atom stereocenters. The number of amides is 1. The predicted molar refractivity (Wildman–Crippen MR) is 113 cm³/mol. The number of hydrazine groups is 1. The highest BCUT2D eigenvalue weighted by Gasteiger charge is 2.62. The van der Waals surface area contributed by atoms with Gasteiger partial charge in [-0.3, -0.25) is 15.6 Å². The second kappa shape index (κ2) is 8.48. The van der Waals surface area contributed by atoms with Crippen LogP contribution < -0.4 is 10.9 Å². The van der Waals surface area contributed by atoms with E-state index in [0.29, 0.717) is 0 Å². The Morgan fingerprint density at radius 3 is 2.33 bits per heavy atom. The van der Waals surface area contributed by atoms with Gasteiger partial charge in [-0.1, -0.05) is 46.0 Å². The van der Waals surface area contributed by atoms with E-state index < -0.39 is 57.6 Å². The fourth-order valence-electron chi connectivity index (χ4n) is 3.30. The molecule has 1 amide bonds. The smallest absolute Gasteiger partial charge is 0.374 e. The van der Waals surface area contributed by atoms with E-state index >= 15 is 0 Å². The number of hydrogen-bond donors (Lipinski definition) is 2. The summed E-state index contributed by atoms with van der Waals surface area (Å²) in [7, 11) is 0. The van der Waals surface area contributed by atoms with Crippen molar-refractivity contribution in [3.63, 3.8) is 0 Å². The van der Waals surface area contributed by atoms with Gasteiger partial charge in [0.05, 0.1) is 32.4 Å². The zero-order chi connectivity index (χ0) is 24.1. The molecule has 0 bridgehead atoms.